The number of hydrogen-bond donors (Lipinski definition) is 2. The molecular weight excluding hydrogens is 386 g/mol. The monoisotopic (exact) mass is 405 g/mol. The van der Waals surface area contributed by atoms with Crippen molar-refractivity contribution >= 4 is 32.7 Å². The van der Waals surface area contributed by atoms with Gasteiger partial charge >= 0.3 is 0 Å². The highest BCUT2D eigenvalue weighted by Gasteiger charge is 2.30. The lowest BCUT2D eigenvalue weighted by atomic mass is 10.1. The van der Waals surface area contributed by atoms with Crippen LogP contribution in [-0.4, -0.2) is 43.0 Å². The molecular formula is C20H19N7OS. The molecule has 1 aliphatic rings. The number of benzene rings is 1. The van der Waals surface area contributed by atoms with E-state index in [0.29, 0.717) is 11.3 Å². The summed E-state index contributed by atoms with van der Waals surface area (Å²) in [5.74, 6) is -0.123. The average molecular weight is 405 g/mol. The van der Waals surface area contributed by atoms with Gasteiger partial charge < -0.3 is 10.6 Å². The maximum absolute atomic E-state index is 13.0. The number of carbonyl (C=O) groups is 1. The van der Waals surface area contributed by atoms with E-state index in [4.69, 9.17) is 0 Å². The third-order valence-electron chi connectivity index (χ3n) is 5.09. The molecule has 0 unspecified atom stereocenters. The second-order valence-corrected chi connectivity index (χ2v) is 7.92. The standard InChI is InChI=1S/C20H19N7OS/c28-18(13-5-1-2-9-17(13)27-22-11-12-23-27)24-14-6-3-7-15(14)25-20-26-16-8-4-10-21-19(16)29-20/h1-2,4-5,8-12,14-15H,3,6-7H2,(H,24,28)(H,25,26)/t14-,15-/m0/s1. The van der Waals surface area contributed by atoms with Gasteiger partial charge in [0.2, 0.25) is 0 Å². The minimum atomic E-state index is -0.123. The van der Waals surface area contributed by atoms with Crippen LogP contribution >= 0.6 is 11.3 Å². The van der Waals surface area contributed by atoms with Crippen LogP contribution in [0.15, 0.2) is 55.0 Å². The van der Waals surface area contributed by atoms with Crippen molar-refractivity contribution in [2.45, 2.75) is 31.3 Å². The van der Waals surface area contributed by atoms with Gasteiger partial charge in [-0.15, -0.1) is 0 Å². The summed E-state index contributed by atoms with van der Waals surface area (Å²) >= 11 is 1.54. The fourth-order valence-corrected chi connectivity index (χ4v) is 4.59. The Labute approximate surface area is 171 Å². The van der Waals surface area contributed by atoms with Crippen LogP contribution in [0.25, 0.3) is 16.0 Å². The van der Waals surface area contributed by atoms with Gasteiger partial charge in [-0.25, -0.2) is 9.97 Å². The van der Waals surface area contributed by atoms with Gasteiger partial charge in [0.1, 0.15) is 10.3 Å². The SMILES string of the molecule is O=C(N[C@H]1CCC[C@@H]1Nc1nc2cccnc2s1)c1ccccc1-n1nccn1. The molecule has 0 spiro atoms. The first kappa shape index (κ1) is 17.7. The number of pyridine rings is 1. The predicted molar refractivity (Wildman–Crippen MR) is 111 cm³/mol. The van der Waals surface area contributed by atoms with Crippen molar-refractivity contribution in [2.75, 3.05) is 5.32 Å². The van der Waals surface area contributed by atoms with Crippen LogP contribution in [0, 0.1) is 0 Å². The molecule has 0 bridgehead atoms. The molecule has 3 aromatic heterocycles. The summed E-state index contributed by atoms with van der Waals surface area (Å²) in [6.07, 6.45) is 7.92. The molecule has 8 nitrogen and oxygen atoms in total. The van der Waals surface area contributed by atoms with Crippen molar-refractivity contribution in [1.82, 2.24) is 30.3 Å². The first-order valence-electron chi connectivity index (χ1n) is 9.52. The molecule has 3 heterocycles. The molecule has 9 heteroatoms. The van der Waals surface area contributed by atoms with Gasteiger partial charge in [-0.1, -0.05) is 23.5 Å². The third-order valence-corrected chi connectivity index (χ3v) is 6.00. The highest BCUT2D eigenvalue weighted by molar-refractivity contribution is 7.21. The number of rotatable bonds is 5. The van der Waals surface area contributed by atoms with E-state index in [1.54, 1.807) is 24.7 Å². The lowest BCUT2D eigenvalue weighted by Gasteiger charge is -2.22. The number of carbonyl (C=O) groups excluding carboxylic acids is 1. The molecule has 1 amide bonds. The zero-order valence-electron chi connectivity index (χ0n) is 15.5. The second-order valence-electron chi connectivity index (χ2n) is 6.94. The van der Waals surface area contributed by atoms with E-state index in [9.17, 15) is 4.79 Å². The van der Waals surface area contributed by atoms with E-state index in [-0.39, 0.29) is 18.0 Å². The largest absolute Gasteiger partial charge is 0.357 e. The van der Waals surface area contributed by atoms with E-state index >= 15 is 0 Å². The van der Waals surface area contributed by atoms with Gasteiger partial charge in [-0.3, -0.25) is 4.79 Å². The molecule has 1 fully saturated rings. The molecule has 29 heavy (non-hydrogen) atoms. The lowest BCUT2D eigenvalue weighted by molar-refractivity contribution is 0.0935. The highest BCUT2D eigenvalue weighted by Crippen LogP contribution is 2.28. The number of para-hydroxylation sites is 1. The van der Waals surface area contributed by atoms with E-state index in [2.05, 4.69) is 30.8 Å². The molecule has 4 aromatic rings. The summed E-state index contributed by atoms with van der Waals surface area (Å²) in [6.45, 7) is 0. The smallest absolute Gasteiger partial charge is 0.253 e. The number of hydrogen-bond acceptors (Lipinski definition) is 7. The number of anilines is 1. The molecule has 1 aliphatic carbocycles. The molecule has 2 atom stereocenters. The van der Waals surface area contributed by atoms with Gasteiger partial charge in [-0.2, -0.15) is 15.0 Å². The molecule has 5 rings (SSSR count). The van der Waals surface area contributed by atoms with Gasteiger partial charge in [0.25, 0.3) is 5.91 Å². The Morgan fingerprint density at radius 2 is 1.86 bits per heavy atom. The van der Waals surface area contributed by atoms with Crippen LogP contribution in [0.2, 0.25) is 0 Å². The summed E-state index contributed by atoms with van der Waals surface area (Å²) in [4.78, 5) is 24.4. The predicted octanol–water partition coefficient (Wildman–Crippen LogP) is 3.04. The topological polar surface area (TPSA) is 97.6 Å². The van der Waals surface area contributed by atoms with E-state index in [1.807, 2.05) is 30.3 Å². The zero-order valence-corrected chi connectivity index (χ0v) is 16.3. The fourth-order valence-electron chi connectivity index (χ4n) is 3.72. The maximum atomic E-state index is 13.0. The molecule has 0 saturated heterocycles. The Balaban J connectivity index is 1.33. The number of thiazole rings is 1. The van der Waals surface area contributed by atoms with Gasteiger partial charge in [-0.05, 0) is 43.5 Å². The lowest BCUT2D eigenvalue weighted by Crippen LogP contribution is -2.43. The van der Waals surface area contributed by atoms with Crippen LogP contribution in [0.3, 0.4) is 0 Å². The van der Waals surface area contributed by atoms with Gasteiger partial charge in [0, 0.05) is 18.3 Å². The van der Waals surface area contributed by atoms with Crippen molar-refractivity contribution in [2.24, 2.45) is 0 Å². The molecule has 2 N–H and O–H groups in total. The minimum Gasteiger partial charge on any atom is -0.357 e. The van der Waals surface area contributed by atoms with E-state index in [1.165, 1.54) is 16.1 Å². The van der Waals surface area contributed by atoms with Crippen LogP contribution < -0.4 is 10.6 Å². The number of nitrogens with zero attached hydrogens (tertiary/aromatic N) is 5. The third kappa shape index (κ3) is 3.56. The average Bonchev–Trinajstić information content (AvgIpc) is 3.49. The first-order valence-corrected chi connectivity index (χ1v) is 10.3. The zero-order chi connectivity index (χ0) is 19.6. The number of nitrogens with one attached hydrogen (secondary N) is 2. The number of aromatic nitrogens is 5. The summed E-state index contributed by atoms with van der Waals surface area (Å²) in [5.41, 5.74) is 2.10. The summed E-state index contributed by atoms with van der Waals surface area (Å²) in [6, 6.07) is 11.4. The number of fused-ring (bicyclic) bond motifs is 1. The Kier molecular flexibility index (Phi) is 4.65. The van der Waals surface area contributed by atoms with Crippen LogP contribution in [0.5, 0.6) is 0 Å². The Bertz CT molecular complexity index is 1110. The van der Waals surface area contributed by atoms with Crippen LogP contribution in [0.4, 0.5) is 5.13 Å². The van der Waals surface area contributed by atoms with E-state index in [0.717, 1.165) is 34.7 Å². The van der Waals surface area contributed by atoms with Crippen molar-refractivity contribution in [3.8, 4) is 5.69 Å². The highest BCUT2D eigenvalue weighted by atomic mass is 32.1. The van der Waals surface area contributed by atoms with Crippen molar-refractivity contribution < 1.29 is 4.79 Å². The molecule has 1 saturated carbocycles. The van der Waals surface area contributed by atoms with Gasteiger partial charge in [0.05, 0.1) is 23.6 Å². The summed E-state index contributed by atoms with van der Waals surface area (Å²) < 4.78 is 0. The maximum Gasteiger partial charge on any atom is 0.253 e. The Morgan fingerprint density at radius 1 is 1.03 bits per heavy atom. The first-order chi connectivity index (χ1) is 14.3. The molecule has 0 radical (unpaired) electrons. The molecule has 0 aliphatic heterocycles. The van der Waals surface area contributed by atoms with Crippen molar-refractivity contribution in [3.05, 3.63) is 60.6 Å². The molecule has 146 valence electrons. The Morgan fingerprint density at radius 3 is 2.72 bits per heavy atom. The number of amides is 1. The fraction of sp³-hybridized carbons (Fsp3) is 0.250. The van der Waals surface area contributed by atoms with Crippen molar-refractivity contribution in [1.29, 1.82) is 0 Å². The molecule has 1 aromatic carbocycles. The summed E-state index contributed by atoms with van der Waals surface area (Å²) in [5, 5.41) is 15.8. The van der Waals surface area contributed by atoms with Crippen LogP contribution in [-0.2, 0) is 0 Å². The summed E-state index contributed by atoms with van der Waals surface area (Å²) in [7, 11) is 0. The van der Waals surface area contributed by atoms with E-state index < -0.39 is 0 Å². The van der Waals surface area contributed by atoms with Crippen LogP contribution in [0.1, 0.15) is 29.6 Å². The second kappa shape index (κ2) is 7.59. The van der Waals surface area contributed by atoms with Gasteiger partial charge in [0.15, 0.2) is 5.13 Å². The normalized spacial score (nSPS) is 18.8. The Hall–Kier alpha value is -3.33. The minimum absolute atomic E-state index is 0.0288. The quantitative estimate of drug-likeness (QED) is 0.530. The van der Waals surface area contributed by atoms with Crippen molar-refractivity contribution in [3.63, 3.8) is 0 Å².